The number of rotatable bonds is 5. The van der Waals surface area contributed by atoms with E-state index in [1.807, 2.05) is 42.6 Å². The second-order valence-corrected chi connectivity index (χ2v) is 7.89. The van der Waals surface area contributed by atoms with Crippen LogP contribution in [0.1, 0.15) is 12.5 Å². The summed E-state index contributed by atoms with van der Waals surface area (Å²) >= 11 is 13.5. The minimum Gasteiger partial charge on any atom is -0.494 e. The van der Waals surface area contributed by atoms with Crippen molar-refractivity contribution in [1.29, 1.82) is 0 Å². The molecule has 2 aromatic heterocycles. The van der Waals surface area contributed by atoms with E-state index in [4.69, 9.17) is 27.9 Å². The molecule has 0 aliphatic carbocycles. The average molecular weight is 431 g/mol. The van der Waals surface area contributed by atoms with Gasteiger partial charge in [-0.15, -0.1) is 11.3 Å². The summed E-state index contributed by atoms with van der Waals surface area (Å²) in [6, 6.07) is 13.1. The van der Waals surface area contributed by atoms with Crippen LogP contribution in [0.3, 0.4) is 0 Å². The molecule has 0 saturated heterocycles. The molecule has 0 spiro atoms. The van der Waals surface area contributed by atoms with E-state index in [-0.39, 0.29) is 5.56 Å². The molecule has 4 aromatic rings. The van der Waals surface area contributed by atoms with E-state index in [1.54, 1.807) is 23.0 Å². The maximum absolute atomic E-state index is 13.2. The Kier molecular flexibility index (Phi) is 5.40. The SMILES string of the molecule is CCOc1ccc(-c2csc3ncn(Cc4ccc(Cl)c(Cl)c4)c(=O)c23)cc1. The highest BCUT2D eigenvalue weighted by Gasteiger charge is 2.14. The second-order valence-electron chi connectivity index (χ2n) is 6.21. The Balaban J connectivity index is 1.75. The lowest BCUT2D eigenvalue weighted by Crippen LogP contribution is -2.21. The van der Waals surface area contributed by atoms with Crippen molar-refractivity contribution in [2.45, 2.75) is 13.5 Å². The lowest BCUT2D eigenvalue weighted by Gasteiger charge is -2.08. The van der Waals surface area contributed by atoms with Gasteiger partial charge in [0.2, 0.25) is 0 Å². The van der Waals surface area contributed by atoms with E-state index < -0.39 is 0 Å². The molecule has 0 aliphatic heterocycles. The normalized spacial score (nSPS) is 11.1. The highest BCUT2D eigenvalue weighted by atomic mass is 35.5. The minimum atomic E-state index is -0.0822. The summed E-state index contributed by atoms with van der Waals surface area (Å²) in [7, 11) is 0. The van der Waals surface area contributed by atoms with Gasteiger partial charge in [0.1, 0.15) is 10.6 Å². The molecule has 0 amide bonds. The largest absolute Gasteiger partial charge is 0.494 e. The first kappa shape index (κ1) is 19.0. The summed E-state index contributed by atoms with van der Waals surface area (Å²) in [5.74, 6) is 0.806. The molecule has 0 bridgehead atoms. The summed E-state index contributed by atoms with van der Waals surface area (Å²) < 4.78 is 7.09. The monoisotopic (exact) mass is 430 g/mol. The zero-order chi connectivity index (χ0) is 19.7. The standard InChI is InChI=1S/C21H16Cl2N2O2S/c1-2-27-15-6-4-14(5-7-15)16-11-28-20-19(16)21(26)25(12-24-20)10-13-3-8-17(22)18(23)9-13/h3-9,11-12H,2,10H2,1H3. The number of hydrogen-bond acceptors (Lipinski definition) is 4. The minimum absolute atomic E-state index is 0.0822. The third-order valence-corrected chi connectivity index (χ3v) is 6.00. The van der Waals surface area contributed by atoms with E-state index in [0.29, 0.717) is 28.6 Å². The van der Waals surface area contributed by atoms with Gasteiger partial charge in [-0.25, -0.2) is 4.98 Å². The van der Waals surface area contributed by atoms with Gasteiger partial charge in [0.05, 0.1) is 34.9 Å². The maximum atomic E-state index is 13.2. The first-order valence-corrected chi connectivity index (χ1v) is 10.3. The Morgan fingerprint density at radius 1 is 1.11 bits per heavy atom. The van der Waals surface area contributed by atoms with Crippen molar-refractivity contribution in [1.82, 2.24) is 9.55 Å². The van der Waals surface area contributed by atoms with Crippen molar-refractivity contribution in [3.05, 3.63) is 80.1 Å². The molecule has 4 rings (SSSR count). The van der Waals surface area contributed by atoms with E-state index in [2.05, 4.69) is 4.98 Å². The molecule has 0 saturated carbocycles. The number of halogens is 2. The summed E-state index contributed by atoms with van der Waals surface area (Å²) in [6.45, 7) is 2.93. The highest BCUT2D eigenvalue weighted by molar-refractivity contribution is 7.17. The van der Waals surface area contributed by atoms with Crippen molar-refractivity contribution in [3.63, 3.8) is 0 Å². The summed E-state index contributed by atoms with van der Waals surface area (Å²) in [4.78, 5) is 18.3. The van der Waals surface area contributed by atoms with Crippen LogP contribution in [0.4, 0.5) is 0 Å². The Hall–Kier alpha value is -2.34. The van der Waals surface area contributed by atoms with E-state index in [9.17, 15) is 4.79 Å². The van der Waals surface area contributed by atoms with Gasteiger partial charge in [-0.2, -0.15) is 0 Å². The predicted octanol–water partition coefficient (Wildman–Crippen LogP) is 5.88. The Labute approximate surface area is 175 Å². The van der Waals surface area contributed by atoms with Crippen molar-refractivity contribution in [3.8, 4) is 16.9 Å². The van der Waals surface area contributed by atoms with Crippen LogP contribution >= 0.6 is 34.5 Å². The Morgan fingerprint density at radius 3 is 2.61 bits per heavy atom. The summed E-state index contributed by atoms with van der Waals surface area (Å²) in [5.41, 5.74) is 2.64. The van der Waals surface area contributed by atoms with Gasteiger partial charge in [-0.1, -0.05) is 41.4 Å². The van der Waals surface area contributed by atoms with Crippen LogP contribution < -0.4 is 10.3 Å². The molecule has 0 unspecified atom stereocenters. The molecule has 0 fully saturated rings. The molecule has 4 nitrogen and oxygen atoms in total. The fourth-order valence-corrected chi connectivity index (χ4v) is 4.25. The summed E-state index contributed by atoms with van der Waals surface area (Å²) in [6.07, 6.45) is 1.58. The van der Waals surface area contributed by atoms with Crippen molar-refractivity contribution < 1.29 is 4.74 Å². The van der Waals surface area contributed by atoms with Gasteiger partial charge >= 0.3 is 0 Å². The van der Waals surface area contributed by atoms with Crippen LogP contribution in [0.2, 0.25) is 10.0 Å². The summed E-state index contributed by atoms with van der Waals surface area (Å²) in [5, 5.41) is 3.55. The lowest BCUT2D eigenvalue weighted by atomic mass is 10.1. The molecule has 0 aliphatic rings. The molecule has 7 heteroatoms. The second kappa shape index (κ2) is 7.95. The maximum Gasteiger partial charge on any atom is 0.263 e. The number of aromatic nitrogens is 2. The molecule has 142 valence electrons. The number of thiophene rings is 1. The number of hydrogen-bond donors (Lipinski definition) is 0. The number of ether oxygens (including phenoxy) is 1. The molecule has 28 heavy (non-hydrogen) atoms. The molecular formula is C21H16Cl2N2O2S. The first-order chi connectivity index (χ1) is 13.6. The van der Waals surface area contributed by atoms with Crippen LogP contribution in [-0.2, 0) is 6.54 Å². The smallest absolute Gasteiger partial charge is 0.263 e. The van der Waals surface area contributed by atoms with Crippen LogP contribution in [0.25, 0.3) is 21.3 Å². The van der Waals surface area contributed by atoms with Crippen molar-refractivity contribution in [2.24, 2.45) is 0 Å². The Morgan fingerprint density at radius 2 is 1.89 bits per heavy atom. The number of fused-ring (bicyclic) bond motifs is 1. The van der Waals surface area contributed by atoms with Gasteiger partial charge < -0.3 is 4.74 Å². The van der Waals surface area contributed by atoms with Crippen LogP contribution in [0, 0.1) is 0 Å². The lowest BCUT2D eigenvalue weighted by molar-refractivity contribution is 0.340. The third kappa shape index (κ3) is 3.65. The van der Waals surface area contributed by atoms with Crippen LogP contribution in [-0.4, -0.2) is 16.2 Å². The van der Waals surface area contributed by atoms with E-state index in [0.717, 1.165) is 27.3 Å². The number of benzene rings is 2. The van der Waals surface area contributed by atoms with Gasteiger partial charge in [-0.05, 0) is 42.3 Å². The zero-order valence-electron chi connectivity index (χ0n) is 15.0. The fourth-order valence-electron chi connectivity index (χ4n) is 3.02. The molecule has 0 atom stereocenters. The molecular weight excluding hydrogens is 415 g/mol. The average Bonchev–Trinajstić information content (AvgIpc) is 3.13. The molecule has 0 N–H and O–H groups in total. The fraction of sp³-hybridized carbons (Fsp3) is 0.143. The van der Waals surface area contributed by atoms with Crippen LogP contribution in [0.15, 0.2) is 59.0 Å². The zero-order valence-corrected chi connectivity index (χ0v) is 17.3. The quantitative estimate of drug-likeness (QED) is 0.397. The topological polar surface area (TPSA) is 44.1 Å². The van der Waals surface area contributed by atoms with Gasteiger partial charge in [0, 0.05) is 10.9 Å². The number of nitrogens with zero attached hydrogens (tertiary/aromatic N) is 2. The van der Waals surface area contributed by atoms with Crippen LogP contribution in [0.5, 0.6) is 5.75 Å². The third-order valence-electron chi connectivity index (χ3n) is 4.37. The van der Waals surface area contributed by atoms with Gasteiger partial charge in [0.25, 0.3) is 5.56 Å². The van der Waals surface area contributed by atoms with Gasteiger partial charge in [-0.3, -0.25) is 9.36 Å². The molecule has 2 heterocycles. The van der Waals surface area contributed by atoms with E-state index in [1.165, 1.54) is 11.3 Å². The molecule has 0 radical (unpaired) electrons. The van der Waals surface area contributed by atoms with Crippen molar-refractivity contribution in [2.75, 3.05) is 6.61 Å². The molecule has 2 aromatic carbocycles. The van der Waals surface area contributed by atoms with Gasteiger partial charge in [0.15, 0.2) is 0 Å². The Bertz CT molecular complexity index is 1200. The van der Waals surface area contributed by atoms with Crippen molar-refractivity contribution >= 4 is 44.8 Å². The predicted molar refractivity (Wildman–Crippen MR) is 116 cm³/mol. The first-order valence-electron chi connectivity index (χ1n) is 8.70. The van der Waals surface area contributed by atoms with E-state index >= 15 is 0 Å². The highest BCUT2D eigenvalue weighted by Crippen LogP contribution is 2.31.